The van der Waals surface area contributed by atoms with E-state index in [1.807, 2.05) is 29.1 Å². The summed E-state index contributed by atoms with van der Waals surface area (Å²) in [5, 5.41) is 3.98. The van der Waals surface area contributed by atoms with Crippen molar-refractivity contribution in [3.63, 3.8) is 0 Å². The lowest BCUT2D eigenvalue weighted by Crippen LogP contribution is -2.68. The van der Waals surface area contributed by atoms with E-state index in [4.69, 9.17) is 34.8 Å². The highest BCUT2D eigenvalue weighted by atomic mass is 35.7. The van der Waals surface area contributed by atoms with Gasteiger partial charge in [-0.25, -0.2) is 27.6 Å². The van der Waals surface area contributed by atoms with Crippen molar-refractivity contribution in [2.75, 3.05) is 5.88 Å². The number of hydrogen-bond donors (Lipinski definition) is 0. The molecule has 0 aliphatic rings. The van der Waals surface area contributed by atoms with Crippen LogP contribution in [0.25, 0.3) is 11.4 Å². The second kappa shape index (κ2) is 12.5. The van der Waals surface area contributed by atoms with Gasteiger partial charge in [0.2, 0.25) is 11.7 Å². The van der Waals surface area contributed by atoms with Crippen molar-refractivity contribution in [3.8, 4) is 11.4 Å². The van der Waals surface area contributed by atoms with Gasteiger partial charge in [-0.3, -0.25) is 4.79 Å². The first-order chi connectivity index (χ1) is 15.2. The Kier molecular flexibility index (Phi) is 10.1. The predicted octanol–water partition coefficient (Wildman–Crippen LogP) is -0.758. The summed E-state index contributed by atoms with van der Waals surface area (Å²) in [5.74, 6) is 1.38. The van der Waals surface area contributed by atoms with Crippen molar-refractivity contribution < 1.29 is 47.2 Å². The number of pyridine rings is 1. The zero-order chi connectivity index (χ0) is 23.6. The van der Waals surface area contributed by atoms with E-state index < -0.39 is 10.2 Å². The fourth-order valence-corrected chi connectivity index (χ4v) is 2.78. The Hall–Kier alpha value is -2.47. The van der Waals surface area contributed by atoms with Crippen LogP contribution < -0.4 is 23.2 Å². The van der Waals surface area contributed by atoms with Crippen molar-refractivity contribution in [2.24, 2.45) is 0 Å². The number of aromatic nitrogens is 3. The van der Waals surface area contributed by atoms with Gasteiger partial charge < -0.3 is 4.52 Å². The summed E-state index contributed by atoms with van der Waals surface area (Å²) in [5.41, 5.74) is 1.41. The summed E-state index contributed by atoms with van der Waals surface area (Å²) in [6, 6.07) is 9.48. The van der Waals surface area contributed by atoms with Gasteiger partial charge in [0.1, 0.15) is 12.4 Å². The van der Waals surface area contributed by atoms with Gasteiger partial charge in [0.25, 0.3) is 0 Å². The third-order valence-corrected chi connectivity index (χ3v) is 4.40. The maximum absolute atomic E-state index is 12.9. The molecule has 0 radical (unpaired) electrons. The molecular formula is C20H20Cl2FN3O6. The molecule has 3 rings (SSSR count). The van der Waals surface area contributed by atoms with E-state index >= 15 is 0 Å². The molecule has 0 N–H and O–H groups in total. The van der Waals surface area contributed by atoms with Gasteiger partial charge in [0.05, 0.1) is 0 Å². The standard InChI is InChI=1S/C20H20ClFN3O2.ClHO4/c21-11-1-4-19-23-20(24-27-19)16-9-13-25(14-10-16)12-2-3-18(26)15-5-7-17(22)8-6-15;2-1(3,4)5/h5-10,13-14H,1-4,11-12H2;(H,2,3,4,5)/q+1;/p-1. The molecule has 0 saturated carbocycles. The van der Waals surface area contributed by atoms with Crippen LogP contribution in [0.3, 0.4) is 0 Å². The first-order valence-corrected chi connectivity index (χ1v) is 11.2. The lowest BCUT2D eigenvalue weighted by Gasteiger charge is -2.17. The zero-order valence-corrected chi connectivity index (χ0v) is 18.3. The third-order valence-electron chi connectivity index (χ3n) is 4.13. The highest BCUT2D eigenvalue weighted by Crippen LogP contribution is 2.14. The molecule has 1 aromatic carbocycles. The summed E-state index contributed by atoms with van der Waals surface area (Å²) in [6.45, 7) is 0.709. The predicted molar refractivity (Wildman–Crippen MR) is 98.9 cm³/mol. The maximum atomic E-state index is 12.9. The fraction of sp³-hybridized carbons (Fsp3) is 0.300. The summed E-state index contributed by atoms with van der Waals surface area (Å²) in [6.07, 6.45) is 6.43. The molecule has 0 spiro atoms. The molecule has 0 unspecified atom stereocenters. The summed E-state index contributed by atoms with van der Waals surface area (Å²) >= 11 is 5.67. The van der Waals surface area contributed by atoms with Gasteiger partial charge in [-0.05, 0) is 30.7 Å². The fourth-order valence-electron chi connectivity index (χ4n) is 2.65. The number of alkyl halides is 1. The Morgan fingerprint density at radius 2 is 1.69 bits per heavy atom. The SMILES string of the molecule is O=C(CCC[n+]1ccc(-c2noc(CCCCl)n2)cc1)c1ccc(F)cc1.[O-][Cl+3]([O-])([O-])[O-]. The largest absolute Gasteiger partial charge is 0.339 e. The number of nitrogens with zero attached hydrogens (tertiary/aromatic N) is 3. The van der Waals surface area contributed by atoms with Crippen molar-refractivity contribution in [3.05, 3.63) is 66.1 Å². The van der Waals surface area contributed by atoms with Gasteiger partial charge in [-0.15, -0.1) is 21.8 Å². The second-order valence-corrected chi connectivity index (χ2v) is 7.67. The molecule has 0 fully saturated rings. The number of rotatable bonds is 9. The molecule has 0 atom stereocenters. The minimum atomic E-state index is -4.94. The number of carbonyl (C=O) groups excluding carboxylic acids is 1. The molecule has 32 heavy (non-hydrogen) atoms. The van der Waals surface area contributed by atoms with E-state index in [0.717, 1.165) is 12.0 Å². The average Bonchev–Trinajstić information content (AvgIpc) is 3.21. The molecule has 0 amide bonds. The highest BCUT2D eigenvalue weighted by molar-refractivity contribution is 6.17. The average molecular weight is 488 g/mol. The summed E-state index contributed by atoms with van der Waals surface area (Å²) < 4.78 is 54.1. The van der Waals surface area contributed by atoms with Gasteiger partial charge in [-0.2, -0.15) is 4.98 Å². The van der Waals surface area contributed by atoms with Crippen LogP contribution in [0.2, 0.25) is 0 Å². The summed E-state index contributed by atoms with van der Waals surface area (Å²) in [4.78, 5) is 16.5. The van der Waals surface area contributed by atoms with Crippen LogP contribution >= 0.6 is 11.6 Å². The molecule has 172 valence electrons. The Balaban J connectivity index is 0.000000654. The van der Waals surface area contributed by atoms with Crippen LogP contribution in [0.1, 0.15) is 35.5 Å². The quantitative estimate of drug-likeness (QED) is 0.217. The van der Waals surface area contributed by atoms with E-state index in [1.165, 1.54) is 24.3 Å². The first-order valence-electron chi connectivity index (χ1n) is 9.44. The Labute approximate surface area is 190 Å². The van der Waals surface area contributed by atoms with Crippen LogP contribution in [-0.2, 0) is 13.0 Å². The molecule has 3 aromatic rings. The van der Waals surface area contributed by atoms with Crippen molar-refractivity contribution in [1.82, 2.24) is 10.1 Å². The lowest BCUT2D eigenvalue weighted by atomic mass is 10.1. The molecular weight excluding hydrogens is 468 g/mol. The van der Waals surface area contributed by atoms with E-state index in [-0.39, 0.29) is 11.6 Å². The van der Waals surface area contributed by atoms with E-state index in [1.54, 1.807) is 0 Å². The van der Waals surface area contributed by atoms with Gasteiger partial charge in [0, 0.05) is 48.4 Å². The van der Waals surface area contributed by atoms with Gasteiger partial charge in [0.15, 0.2) is 18.2 Å². The highest BCUT2D eigenvalue weighted by Gasteiger charge is 2.11. The van der Waals surface area contributed by atoms with Crippen molar-refractivity contribution in [1.29, 1.82) is 0 Å². The number of aryl methyl sites for hydroxylation is 2. The second-order valence-electron chi connectivity index (χ2n) is 6.54. The first kappa shape index (κ1) is 25.8. The number of hydrogen-bond acceptors (Lipinski definition) is 8. The molecule has 0 aliphatic carbocycles. The normalized spacial score (nSPS) is 11.1. The zero-order valence-electron chi connectivity index (χ0n) is 16.8. The van der Waals surface area contributed by atoms with Crippen LogP contribution in [0.15, 0.2) is 53.3 Å². The lowest BCUT2D eigenvalue weighted by molar-refractivity contribution is -2.00. The molecule has 2 heterocycles. The monoisotopic (exact) mass is 487 g/mol. The van der Waals surface area contributed by atoms with E-state index in [0.29, 0.717) is 49.0 Å². The molecule has 2 aromatic heterocycles. The Morgan fingerprint density at radius 3 is 2.28 bits per heavy atom. The minimum Gasteiger partial charge on any atom is -0.339 e. The van der Waals surface area contributed by atoms with Crippen LogP contribution in [0.4, 0.5) is 4.39 Å². The van der Waals surface area contributed by atoms with E-state index in [9.17, 15) is 9.18 Å². The summed E-state index contributed by atoms with van der Waals surface area (Å²) in [7, 11) is -4.94. The number of carbonyl (C=O) groups is 1. The van der Waals surface area contributed by atoms with Crippen LogP contribution in [0.5, 0.6) is 0 Å². The Morgan fingerprint density at radius 1 is 1.06 bits per heavy atom. The molecule has 0 aliphatic heterocycles. The minimum absolute atomic E-state index is 0.0171. The molecule has 0 saturated heterocycles. The molecule has 9 nitrogen and oxygen atoms in total. The topological polar surface area (TPSA) is 152 Å². The number of benzene rings is 1. The third kappa shape index (κ3) is 9.77. The smallest absolute Gasteiger partial charge is 0.227 e. The van der Waals surface area contributed by atoms with Crippen LogP contribution in [0, 0.1) is 16.1 Å². The van der Waals surface area contributed by atoms with Gasteiger partial charge in [-0.1, -0.05) is 5.16 Å². The van der Waals surface area contributed by atoms with Crippen molar-refractivity contribution >= 4 is 17.4 Å². The van der Waals surface area contributed by atoms with Gasteiger partial charge >= 0.3 is 0 Å². The Bertz CT molecular complexity index is 972. The van der Waals surface area contributed by atoms with E-state index in [2.05, 4.69) is 10.1 Å². The van der Waals surface area contributed by atoms with Crippen molar-refractivity contribution in [2.45, 2.75) is 32.2 Å². The number of halogens is 3. The number of Topliss-reactive ketones (excluding diaryl/α,β-unsaturated/α-hetero) is 1. The molecule has 0 bridgehead atoms. The number of ketones is 1. The van der Waals surface area contributed by atoms with Crippen LogP contribution in [-0.4, -0.2) is 21.8 Å². The molecule has 12 heteroatoms. The maximum Gasteiger partial charge on any atom is 0.227 e.